The lowest BCUT2D eigenvalue weighted by Gasteiger charge is -2.26. The van der Waals surface area contributed by atoms with Gasteiger partial charge < -0.3 is 28.4 Å². The molecule has 2 rings (SSSR count). The van der Waals surface area contributed by atoms with E-state index in [1.54, 1.807) is 14.2 Å². The van der Waals surface area contributed by atoms with Crippen LogP contribution in [0.5, 0.6) is 0 Å². The lowest BCUT2D eigenvalue weighted by molar-refractivity contribution is -0.364. The van der Waals surface area contributed by atoms with Crippen molar-refractivity contribution < 1.29 is 33.2 Å². The molecule has 0 radical (unpaired) electrons. The van der Waals surface area contributed by atoms with Gasteiger partial charge in [0.25, 0.3) is 13.0 Å². The van der Waals surface area contributed by atoms with Crippen LogP contribution in [0.1, 0.15) is 26.7 Å². The highest BCUT2D eigenvalue weighted by atomic mass is 17.0. The minimum Gasteiger partial charge on any atom is -0.382 e. The van der Waals surface area contributed by atoms with Crippen LogP contribution < -0.4 is 0 Å². The van der Waals surface area contributed by atoms with Gasteiger partial charge in [-0.1, -0.05) is 13.8 Å². The zero-order valence-corrected chi connectivity index (χ0v) is 13.3. The van der Waals surface area contributed by atoms with Gasteiger partial charge in [0, 0.05) is 14.2 Å². The number of hydrogen-bond acceptors (Lipinski definition) is 7. The van der Waals surface area contributed by atoms with Gasteiger partial charge in [0.2, 0.25) is 0 Å². The highest BCUT2D eigenvalue weighted by molar-refractivity contribution is 4.84. The smallest absolute Gasteiger partial charge is 0.276 e. The monoisotopic (exact) mass is 306 g/mol. The molecule has 2 fully saturated rings. The summed E-state index contributed by atoms with van der Waals surface area (Å²) in [6, 6.07) is 0. The molecule has 0 N–H and O–H groups in total. The topological polar surface area (TPSA) is 64.6 Å². The molecule has 21 heavy (non-hydrogen) atoms. The van der Waals surface area contributed by atoms with Crippen LogP contribution >= 0.6 is 0 Å². The van der Waals surface area contributed by atoms with E-state index in [0.717, 1.165) is 12.8 Å². The fourth-order valence-electron chi connectivity index (χ4n) is 2.46. The van der Waals surface area contributed by atoms with E-state index in [1.807, 2.05) is 13.8 Å². The summed E-state index contributed by atoms with van der Waals surface area (Å²) in [7, 11) is 3.27. The second-order valence-electron chi connectivity index (χ2n) is 5.51. The Kier molecular flexibility index (Phi) is 5.96. The summed E-state index contributed by atoms with van der Waals surface area (Å²) in [5.41, 5.74) is -0.932. The summed E-state index contributed by atoms with van der Waals surface area (Å²) in [5, 5.41) is 0. The van der Waals surface area contributed by atoms with Gasteiger partial charge in [-0.25, -0.2) is 0 Å². The zero-order chi connectivity index (χ0) is 15.3. The van der Waals surface area contributed by atoms with Gasteiger partial charge >= 0.3 is 0 Å². The Morgan fingerprint density at radius 3 is 1.62 bits per heavy atom. The first kappa shape index (κ1) is 17.1. The Morgan fingerprint density at radius 2 is 1.29 bits per heavy atom. The van der Waals surface area contributed by atoms with E-state index in [1.165, 1.54) is 0 Å². The molecule has 7 heteroatoms. The van der Waals surface area contributed by atoms with E-state index < -0.39 is 24.2 Å². The molecule has 0 bridgehead atoms. The Labute approximate surface area is 125 Å². The van der Waals surface area contributed by atoms with Crippen LogP contribution in [-0.2, 0) is 33.2 Å². The minimum absolute atomic E-state index is 0.422. The number of rotatable bonds is 8. The molecule has 4 unspecified atom stereocenters. The average Bonchev–Trinajstić information content (AvgIpc) is 3.06. The molecule has 0 aromatic carbocycles. The second kappa shape index (κ2) is 7.32. The summed E-state index contributed by atoms with van der Waals surface area (Å²) in [4.78, 5) is 0. The molecular formula is C14H26O7. The predicted molar refractivity (Wildman–Crippen MR) is 72.5 cm³/mol. The van der Waals surface area contributed by atoms with E-state index in [-0.39, 0.29) is 0 Å². The maximum Gasteiger partial charge on any atom is 0.276 e. The third-order valence-corrected chi connectivity index (χ3v) is 3.98. The highest BCUT2D eigenvalue weighted by Crippen LogP contribution is 2.32. The fourth-order valence-corrected chi connectivity index (χ4v) is 2.46. The van der Waals surface area contributed by atoms with Crippen LogP contribution in [0.3, 0.4) is 0 Å². The van der Waals surface area contributed by atoms with Gasteiger partial charge in [0.05, 0.1) is 26.4 Å². The van der Waals surface area contributed by atoms with E-state index in [4.69, 9.17) is 33.2 Å². The summed E-state index contributed by atoms with van der Waals surface area (Å²) >= 11 is 0. The maximum atomic E-state index is 5.80. The maximum absolute atomic E-state index is 5.80. The highest BCUT2D eigenvalue weighted by Gasteiger charge is 2.45. The van der Waals surface area contributed by atoms with Gasteiger partial charge in [-0.15, -0.1) is 0 Å². The molecule has 124 valence electrons. The second-order valence-corrected chi connectivity index (χ2v) is 5.51. The summed E-state index contributed by atoms with van der Waals surface area (Å²) in [6.07, 6.45) is 1.55. The SMILES string of the molecule is CCC1(COC)COC(OC2OCC(CC)(COC)O2)O1. The Balaban J connectivity index is 1.84. The van der Waals surface area contributed by atoms with E-state index in [0.29, 0.717) is 26.4 Å². The first-order valence-electron chi connectivity index (χ1n) is 7.33. The Hall–Kier alpha value is -0.280. The van der Waals surface area contributed by atoms with Crippen molar-refractivity contribution in [3.05, 3.63) is 0 Å². The Morgan fingerprint density at radius 1 is 0.857 bits per heavy atom. The molecule has 0 aromatic heterocycles. The van der Waals surface area contributed by atoms with Crippen LogP contribution in [0.15, 0.2) is 0 Å². The van der Waals surface area contributed by atoms with Crippen molar-refractivity contribution in [3.8, 4) is 0 Å². The van der Waals surface area contributed by atoms with Gasteiger partial charge in [-0.05, 0) is 12.8 Å². The van der Waals surface area contributed by atoms with Crippen LogP contribution in [-0.4, -0.2) is 64.8 Å². The van der Waals surface area contributed by atoms with Crippen molar-refractivity contribution in [1.29, 1.82) is 0 Å². The van der Waals surface area contributed by atoms with Crippen molar-refractivity contribution in [1.82, 2.24) is 0 Å². The number of hydrogen-bond donors (Lipinski definition) is 0. The molecule has 2 aliphatic rings. The van der Waals surface area contributed by atoms with Crippen LogP contribution in [0, 0.1) is 0 Å². The number of ether oxygens (including phenoxy) is 7. The third-order valence-electron chi connectivity index (χ3n) is 3.98. The van der Waals surface area contributed by atoms with Crippen LogP contribution in [0.4, 0.5) is 0 Å². The van der Waals surface area contributed by atoms with E-state index in [2.05, 4.69) is 0 Å². The first-order valence-corrected chi connectivity index (χ1v) is 7.33. The summed E-state index contributed by atoms with van der Waals surface area (Å²) in [5.74, 6) is 0. The van der Waals surface area contributed by atoms with Gasteiger partial charge in [-0.2, -0.15) is 0 Å². The first-order chi connectivity index (χ1) is 10.1. The lowest BCUT2D eigenvalue weighted by atomic mass is 10.0. The van der Waals surface area contributed by atoms with E-state index >= 15 is 0 Å². The van der Waals surface area contributed by atoms with Gasteiger partial charge in [-0.3, -0.25) is 4.74 Å². The average molecular weight is 306 g/mol. The normalized spacial score (nSPS) is 40.0. The van der Waals surface area contributed by atoms with Crippen molar-refractivity contribution in [3.63, 3.8) is 0 Å². The molecule has 0 spiro atoms. The van der Waals surface area contributed by atoms with Crippen LogP contribution in [0.25, 0.3) is 0 Å². The standard InChI is InChI=1S/C14H26O7/c1-5-13(7-15-3)9-17-11(20-13)19-12-18-10-14(6-2,21-12)8-16-4/h11-12H,5-10H2,1-4H3. The van der Waals surface area contributed by atoms with Crippen molar-refractivity contribution in [2.45, 2.75) is 50.8 Å². The van der Waals surface area contributed by atoms with Crippen LogP contribution in [0.2, 0.25) is 0 Å². The zero-order valence-electron chi connectivity index (χ0n) is 13.3. The van der Waals surface area contributed by atoms with Gasteiger partial charge in [0.15, 0.2) is 0 Å². The van der Waals surface area contributed by atoms with Gasteiger partial charge in [0.1, 0.15) is 11.2 Å². The minimum atomic E-state index is -0.805. The van der Waals surface area contributed by atoms with Crippen molar-refractivity contribution in [2.75, 3.05) is 40.6 Å². The number of methoxy groups -OCH3 is 2. The molecule has 0 saturated carbocycles. The van der Waals surface area contributed by atoms with Crippen molar-refractivity contribution >= 4 is 0 Å². The molecular weight excluding hydrogens is 280 g/mol. The Bertz CT molecular complexity index is 296. The molecule has 7 nitrogen and oxygen atoms in total. The molecule has 4 atom stereocenters. The summed E-state index contributed by atoms with van der Waals surface area (Å²) in [6.45, 7) is 4.19. The summed E-state index contributed by atoms with van der Waals surface area (Å²) < 4.78 is 38.6. The molecule has 0 aromatic rings. The largest absolute Gasteiger partial charge is 0.382 e. The fraction of sp³-hybridized carbons (Fsp3) is 1.00. The molecule has 0 amide bonds. The van der Waals surface area contributed by atoms with Crippen molar-refractivity contribution in [2.24, 2.45) is 0 Å². The molecule has 2 aliphatic heterocycles. The predicted octanol–water partition coefficient (Wildman–Crippen LogP) is 1.25. The quantitative estimate of drug-likeness (QED) is 0.668. The third kappa shape index (κ3) is 3.92. The molecule has 2 heterocycles. The van der Waals surface area contributed by atoms with E-state index in [9.17, 15) is 0 Å². The molecule has 0 aliphatic carbocycles. The molecule has 2 saturated heterocycles. The lowest BCUT2D eigenvalue weighted by Crippen LogP contribution is -2.38.